The minimum absolute atomic E-state index is 0.134. The Bertz CT molecular complexity index is 773. The SMILES string of the molecule is CCCCCCCCCCc1cc(C(=O)O)c(NC(=O)OCCc2ccccc2)s1. The van der Waals surface area contributed by atoms with Crippen molar-refractivity contribution in [1.29, 1.82) is 0 Å². The molecule has 2 rings (SSSR count). The molecule has 0 radical (unpaired) electrons. The van der Waals surface area contributed by atoms with E-state index in [0.29, 0.717) is 11.4 Å². The lowest BCUT2D eigenvalue weighted by Gasteiger charge is -2.06. The minimum Gasteiger partial charge on any atom is -0.478 e. The number of carbonyl (C=O) groups is 2. The van der Waals surface area contributed by atoms with Gasteiger partial charge in [0.05, 0.1) is 12.2 Å². The van der Waals surface area contributed by atoms with Gasteiger partial charge < -0.3 is 9.84 Å². The highest BCUT2D eigenvalue weighted by Crippen LogP contribution is 2.30. The number of carboxylic acids is 1. The van der Waals surface area contributed by atoms with Crippen molar-refractivity contribution in [2.75, 3.05) is 11.9 Å². The van der Waals surface area contributed by atoms with E-state index < -0.39 is 12.1 Å². The van der Waals surface area contributed by atoms with Crippen molar-refractivity contribution in [1.82, 2.24) is 0 Å². The van der Waals surface area contributed by atoms with Crippen molar-refractivity contribution in [3.05, 3.63) is 52.4 Å². The Morgan fingerprint density at radius 2 is 1.63 bits per heavy atom. The fourth-order valence-electron chi connectivity index (χ4n) is 3.29. The van der Waals surface area contributed by atoms with Crippen LogP contribution in [-0.2, 0) is 17.6 Å². The number of thiophene rings is 1. The number of carbonyl (C=O) groups excluding carboxylic acids is 1. The van der Waals surface area contributed by atoms with Gasteiger partial charge in [-0.3, -0.25) is 5.32 Å². The number of aromatic carboxylic acids is 1. The number of anilines is 1. The molecule has 0 bridgehead atoms. The number of carboxylic acid groups (broad SMARTS) is 1. The zero-order valence-electron chi connectivity index (χ0n) is 17.8. The summed E-state index contributed by atoms with van der Waals surface area (Å²) in [6.45, 7) is 2.47. The van der Waals surface area contributed by atoms with Crippen LogP contribution in [0, 0.1) is 0 Å². The van der Waals surface area contributed by atoms with Gasteiger partial charge in [-0.25, -0.2) is 9.59 Å². The Morgan fingerprint density at radius 3 is 2.30 bits per heavy atom. The zero-order chi connectivity index (χ0) is 21.6. The number of amides is 1. The average molecular weight is 432 g/mol. The summed E-state index contributed by atoms with van der Waals surface area (Å²) in [5.74, 6) is -1.03. The van der Waals surface area contributed by atoms with Crippen LogP contribution in [0.4, 0.5) is 9.80 Å². The van der Waals surface area contributed by atoms with Crippen molar-refractivity contribution in [3.8, 4) is 0 Å². The van der Waals surface area contributed by atoms with Crippen LogP contribution in [-0.4, -0.2) is 23.8 Å². The number of hydrogen-bond donors (Lipinski definition) is 2. The maximum absolute atomic E-state index is 12.1. The van der Waals surface area contributed by atoms with Crippen molar-refractivity contribution in [2.24, 2.45) is 0 Å². The molecule has 2 aromatic rings. The maximum atomic E-state index is 12.1. The molecule has 2 N–H and O–H groups in total. The van der Waals surface area contributed by atoms with Gasteiger partial charge in [0.1, 0.15) is 5.00 Å². The van der Waals surface area contributed by atoms with Gasteiger partial charge in [0.15, 0.2) is 0 Å². The van der Waals surface area contributed by atoms with Crippen LogP contribution in [0.5, 0.6) is 0 Å². The second kappa shape index (κ2) is 13.8. The fourth-order valence-corrected chi connectivity index (χ4v) is 4.36. The Morgan fingerprint density at radius 1 is 0.967 bits per heavy atom. The van der Waals surface area contributed by atoms with E-state index in [4.69, 9.17) is 4.74 Å². The minimum atomic E-state index is -1.03. The number of rotatable bonds is 14. The summed E-state index contributed by atoms with van der Waals surface area (Å²) < 4.78 is 5.21. The summed E-state index contributed by atoms with van der Waals surface area (Å²) in [4.78, 5) is 24.6. The van der Waals surface area contributed by atoms with Crippen LogP contribution < -0.4 is 5.32 Å². The molecule has 0 aliphatic carbocycles. The first-order valence-electron chi connectivity index (χ1n) is 10.9. The molecular weight excluding hydrogens is 398 g/mol. The number of hydrogen-bond acceptors (Lipinski definition) is 4. The zero-order valence-corrected chi connectivity index (χ0v) is 18.6. The smallest absolute Gasteiger partial charge is 0.412 e. The molecule has 0 saturated carbocycles. The highest BCUT2D eigenvalue weighted by molar-refractivity contribution is 7.16. The Kier molecular flexibility index (Phi) is 11.0. The van der Waals surface area contributed by atoms with Gasteiger partial charge in [-0.05, 0) is 24.5 Å². The molecule has 164 valence electrons. The number of nitrogens with one attached hydrogen (secondary N) is 1. The van der Waals surface area contributed by atoms with E-state index in [2.05, 4.69) is 12.2 Å². The summed E-state index contributed by atoms with van der Waals surface area (Å²) in [7, 11) is 0. The summed E-state index contributed by atoms with van der Waals surface area (Å²) in [5.41, 5.74) is 1.22. The standard InChI is InChI=1S/C24H33NO4S/c1-2-3-4-5-6-7-8-12-15-20-18-21(23(26)27)22(30-20)25-24(28)29-17-16-19-13-10-9-11-14-19/h9-11,13-14,18H,2-8,12,15-17H2,1H3,(H,25,28)(H,26,27). The fraction of sp³-hybridized carbons (Fsp3) is 0.500. The van der Waals surface area contributed by atoms with E-state index >= 15 is 0 Å². The van der Waals surface area contributed by atoms with Crippen LogP contribution >= 0.6 is 11.3 Å². The van der Waals surface area contributed by atoms with E-state index in [0.717, 1.165) is 29.7 Å². The van der Waals surface area contributed by atoms with Gasteiger partial charge in [-0.2, -0.15) is 0 Å². The number of unbranched alkanes of at least 4 members (excludes halogenated alkanes) is 7. The lowest BCUT2D eigenvalue weighted by atomic mass is 10.1. The van der Waals surface area contributed by atoms with Crippen LogP contribution in [0.2, 0.25) is 0 Å². The predicted octanol–water partition coefficient (Wildman–Crippen LogP) is 6.92. The van der Waals surface area contributed by atoms with Gasteiger partial charge in [0.2, 0.25) is 0 Å². The third-order valence-electron chi connectivity index (χ3n) is 4.97. The molecular formula is C24H33NO4S. The van der Waals surface area contributed by atoms with Gasteiger partial charge in [0, 0.05) is 11.3 Å². The first-order valence-corrected chi connectivity index (χ1v) is 11.8. The molecule has 1 aromatic carbocycles. The molecule has 1 amide bonds. The molecule has 0 aliphatic rings. The van der Waals surface area contributed by atoms with E-state index in [1.807, 2.05) is 30.3 Å². The summed E-state index contributed by atoms with van der Waals surface area (Å²) in [5, 5.41) is 12.4. The molecule has 0 aliphatic heterocycles. The molecule has 0 atom stereocenters. The van der Waals surface area contributed by atoms with Gasteiger partial charge >= 0.3 is 12.1 Å². The average Bonchev–Trinajstić information content (AvgIpc) is 3.13. The molecule has 1 heterocycles. The Balaban J connectivity index is 1.74. The van der Waals surface area contributed by atoms with Crippen molar-refractivity contribution in [2.45, 2.75) is 71.1 Å². The first-order chi connectivity index (χ1) is 14.6. The van der Waals surface area contributed by atoms with Gasteiger partial charge in [-0.15, -0.1) is 11.3 Å². The Hall–Kier alpha value is -2.34. The topological polar surface area (TPSA) is 75.6 Å². The largest absolute Gasteiger partial charge is 0.478 e. The highest BCUT2D eigenvalue weighted by atomic mass is 32.1. The second-order valence-electron chi connectivity index (χ2n) is 7.48. The van der Waals surface area contributed by atoms with Crippen LogP contribution in [0.1, 0.15) is 79.1 Å². The highest BCUT2D eigenvalue weighted by Gasteiger charge is 2.17. The number of ether oxygens (including phenoxy) is 1. The third-order valence-corrected chi connectivity index (χ3v) is 6.08. The third kappa shape index (κ3) is 8.99. The molecule has 0 spiro atoms. The Labute approximate surface area is 183 Å². The lowest BCUT2D eigenvalue weighted by Crippen LogP contribution is -2.16. The van der Waals surface area contributed by atoms with Crippen LogP contribution in [0.15, 0.2) is 36.4 Å². The van der Waals surface area contributed by atoms with Crippen LogP contribution in [0.3, 0.4) is 0 Å². The van der Waals surface area contributed by atoms with E-state index in [9.17, 15) is 14.7 Å². The van der Waals surface area contributed by atoms with Gasteiger partial charge in [0.25, 0.3) is 0 Å². The van der Waals surface area contributed by atoms with Crippen molar-refractivity contribution in [3.63, 3.8) is 0 Å². The normalized spacial score (nSPS) is 10.7. The first kappa shape index (κ1) is 23.9. The van der Waals surface area contributed by atoms with E-state index in [1.165, 1.54) is 49.9 Å². The second-order valence-corrected chi connectivity index (χ2v) is 8.62. The van der Waals surface area contributed by atoms with Crippen molar-refractivity contribution < 1.29 is 19.4 Å². The van der Waals surface area contributed by atoms with E-state index in [-0.39, 0.29) is 12.2 Å². The molecule has 6 heteroatoms. The molecule has 30 heavy (non-hydrogen) atoms. The van der Waals surface area contributed by atoms with Gasteiger partial charge in [-0.1, -0.05) is 82.2 Å². The quantitative estimate of drug-likeness (QED) is 0.318. The lowest BCUT2D eigenvalue weighted by molar-refractivity contribution is 0.0698. The molecule has 1 aromatic heterocycles. The monoisotopic (exact) mass is 431 g/mol. The maximum Gasteiger partial charge on any atom is 0.412 e. The summed E-state index contributed by atoms with van der Waals surface area (Å²) >= 11 is 1.33. The molecule has 5 nitrogen and oxygen atoms in total. The van der Waals surface area contributed by atoms with E-state index in [1.54, 1.807) is 6.07 Å². The predicted molar refractivity (Wildman–Crippen MR) is 123 cm³/mol. The summed E-state index contributed by atoms with van der Waals surface area (Å²) in [6, 6.07) is 11.4. The number of benzene rings is 1. The molecule has 0 unspecified atom stereocenters. The number of aryl methyl sites for hydroxylation is 1. The van der Waals surface area contributed by atoms with Crippen molar-refractivity contribution >= 4 is 28.4 Å². The molecule has 0 fully saturated rings. The summed E-state index contributed by atoms with van der Waals surface area (Å²) in [6.07, 6.45) is 10.7. The van der Waals surface area contributed by atoms with Crippen LogP contribution in [0.25, 0.3) is 0 Å². The molecule has 0 saturated heterocycles.